The van der Waals surface area contributed by atoms with E-state index in [-0.39, 0.29) is 23.3 Å². The molecule has 24 heavy (non-hydrogen) atoms. The van der Waals surface area contributed by atoms with E-state index in [1.54, 1.807) is 26.8 Å². The van der Waals surface area contributed by atoms with Gasteiger partial charge in [-0.25, -0.2) is 9.89 Å². The standard InChI is InChI=1S/C15H16N6O3/c1-15(2,3)21-11(22)9-5-4-8(6-10(9)12(21)23)18-14(24)19-13-16-7-17-20-13/h4-7H,1-3H3,(H3,16,17,18,19,20,24). The predicted octanol–water partition coefficient (Wildman–Crippen LogP) is 1.84. The fraction of sp³-hybridized carbons (Fsp3) is 0.267. The number of aromatic nitrogens is 3. The van der Waals surface area contributed by atoms with E-state index in [1.807, 2.05) is 0 Å². The molecular formula is C15H16N6O3. The zero-order chi connectivity index (χ0) is 17.5. The Balaban J connectivity index is 1.81. The summed E-state index contributed by atoms with van der Waals surface area (Å²) in [7, 11) is 0. The van der Waals surface area contributed by atoms with Crippen molar-refractivity contribution in [3.63, 3.8) is 0 Å². The Kier molecular flexibility index (Phi) is 3.55. The highest BCUT2D eigenvalue weighted by Gasteiger charge is 2.41. The largest absolute Gasteiger partial charge is 0.326 e. The molecule has 1 aromatic heterocycles. The summed E-state index contributed by atoms with van der Waals surface area (Å²) >= 11 is 0. The average Bonchev–Trinajstić information content (AvgIpc) is 3.06. The van der Waals surface area contributed by atoms with Crippen molar-refractivity contribution in [2.75, 3.05) is 10.6 Å². The maximum atomic E-state index is 12.5. The molecule has 0 saturated heterocycles. The monoisotopic (exact) mass is 328 g/mol. The van der Waals surface area contributed by atoms with Gasteiger partial charge in [0.25, 0.3) is 11.8 Å². The third-order valence-electron chi connectivity index (χ3n) is 3.46. The van der Waals surface area contributed by atoms with Gasteiger partial charge in [-0.2, -0.15) is 10.1 Å². The first kappa shape index (κ1) is 15.7. The summed E-state index contributed by atoms with van der Waals surface area (Å²) in [5.41, 5.74) is 0.371. The van der Waals surface area contributed by atoms with Gasteiger partial charge in [-0.3, -0.25) is 19.8 Å². The van der Waals surface area contributed by atoms with E-state index in [2.05, 4.69) is 25.8 Å². The molecule has 3 rings (SSSR count). The number of amides is 4. The highest BCUT2D eigenvalue weighted by molar-refractivity contribution is 6.22. The summed E-state index contributed by atoms with van der Waals surface area (Å²) in [5.74, 6) is -0.513. The number of rotatable bonds is 2. The van der Waals surface area contributed by atoms with E-state index in [9.17, 15) is 14.4 Å². The summed E-state index contributed by atoms with van der Waals surface area (Å²) in [5, 5.41) is 11.1. The van der Waals surface area contributed by atoms with Crippen molar-refractivity contribution >= 4 is 29.5 Å². The molecule has 1 aliphatic rings. The molecule has 1 aromatic carbocycles. The summed E-state index contributed by atoms with van der Waals surface area (Å²) < 4.78 is 0. The number of anilines is 2. The molecule has 4 amide bonds. The minimum Gasteiger partial charge on any atom is -0.308 e. The van der Waals surface area contributed by atoms with Gasteiger partial charge in [-0.15, -0.1) is 0 Å². The number of benzene rings is 1. The van der Waals surface area contributed by atoms with Crippen LogP contribution in [0.2, 0.25) is 0 Å². The molecule has 0 atom stereocenters. The molecule has 0 radical (unpaired) electrons. The number of carbonyl (C=O) groups excluding carboxylic acids is 3. The number of fused-ring (bicyclic) bond motifs is 1. The Morgan fingerprint density at radius 2 is 1.83 bits per heavy atom. The average molecular weight is 328 g/mol. The Bertz CT molecular complexity index is 822. The van der Waals surface area contributed by atoms with E-state index in [4.69, 9.17) is 0 Å². The summed E-state index contributed by atoms with van der Waals surface area (Å²) in [4.78, 5) is 41.8. The molecule has 1 aliphatic heterocycles. The Morgan fingerprint density at radius 1 is 1.12 bits per heavy atom. The number of urea groups is 1. The van der Waals surface area contributed by atoms with Crippen molar-refractivity contribution in [3.8, 4) is 0 Å². The second-order valence-corrected chi connectivity index (χ2v) is 6.29. The molecule has 0 fully saturated rings. The third kappa shape index (κ3) is 2.71. The molecule has 124 valence electrons. The lowest BCUT2D eigenvalue weighted by atomic mass is 10.1. The third-order valence-corrected chi connectivity index (χ3v) is 3.46. The predicted molar refractivity (Wildman–Crippen MR) is 85.7 cm³/mol. The molecule has 9 heteroatoms. The molecule has 2 heterocycles. The van der Waals surface area contributed by atoms with Crippen LogP contribution in [0.5, 0.6) is 0 Å². The maximum Gasteiger partial charge on any atom is 0.326 e. The number of aromatic amines is 1. The van der Waals surface area contributed by atoms with Crippen molar-refractivity contribution in [2.24, 2.45) is 0 Å². The Morgan fingerprint density at radius 3 is 2.46 bits per heavy atom. The minimum absolute atomic E-state index is 0.193. The van der Waals surface area contributed by atoms with Crippen LogP contribution in [0.25, 0.3) is 0 Å². The first-order chi connectivity index (χ1) is 11.3. The molecule has 0 saturated carbocycles. The Labute approximate surface area is 137 Å². The molecular weight excluding hydrogens is 312 g/mol. The van der Waals surface area contributed by atoms with Gasteiger partial charge in [0.15, 0.2) is 0 Å². The normalized spacial score (nSPS) is 13.9. The first-order valence-electron chi connectivity index (χ1n) is 7.23. The molecule has 9 nitrogen and oxygen atoms in total. The number of carbonyl (C=O) groups is 3. The van der Waals surface area contributed by atoms with Crippen molar-refractivity contribution in [1.82, 2.24) is 20.1 Å². The number of H-pyrrole nitrogens is 1. The Hall–Kier alpha value is -3.23. The van der Waals surface area contributed by atoms with E-state index in [0.29, 0.717) is 11.3 Å². The van der Waals surface area contributed by atoms with E-state index in [0.717, 1.165) is 0 Å². The van der Waals surface area contributed by atoms with Gasteiger partial charge in [-0.05, 0) is 39.0 Å². The smallest absolute Gasteiger partial charge is 0.308 e. The molecule has 0 spiro atoms. The van der Waals surface area contributed by atoms with Gasteiger partial charge in [-0.1, -0.05) is 0 Å². The molecule has 0 unspecified atom stereocenters. The lowest BCUT2D eigenvalue weighted by Gasteiger charge is -2.29. The molecule has 2 aromatic rings. The summed E-state index contributed by atoms with van der Waals surface area (Å²) in [6.07, 6.45) is 1.26. The van der Waals surface area contributed by atoms with Gasteiger partial charge in [0.1, 0.15) is 6.33 Å². The zero-order valence-electron chi connectivity index (χ0n) is 13.4. The van der Waals surface area contributed by atoms with E-state index in [1.165, 1.54) is 23.4 Å². The van der Waals surface area contributed by atoms with Gasteiger partial charge < -0.3 is 5.32 Å². The van der Waals surface area contributed by atoms with Crippen LogP contribution in [0.15, 0.2) is 24.5 Å². The fourth-order valence-corrected chi connectivity index (χ4v) is 2.46. The number of hydrogen-bond acceptors (Lipinski definition) is 5. The zero-order valence-corrected chi connectivity index (χ0v) is 13.4. The van der Waals surface area contributed by atoms with Crippen LogP contribution in [-0.2, 0) is 0 Å². The van der Waals surface area contributed by atoms with Crippen molar-refractivity contribution < 1.29 is 14.4 Å². The van der Waals surface area contributed by atoms with Crippen LogP contribution in [0.4, 0.5) is 16.4 Å². The van der Waals surface area contributed by atoms with Crippen molar-refractivity contribution in [2.45, 2.75) is 26.3 Å². The van der Waals surface area contributed by atoms with E-state index >= 15 is 0 Å². The van der Waals surface area contributed by atoms with Crippen molar-refractivity contribution in [3.05, 3.63) is 35.7 Å². The summed E-state index contributed by atoms with van der Waals surface area (Å²) in [6, 6.07) is 4.04. The first-order valence-corrected chi connectivity index (χ1v) is 7.23. The molecule has 0 aliphatic carbocycles. The van der Waals surface area contributed by atoms with Gasteiger partial charge >= 0.3 is 6.03 Å². The van der Waals surface area contributed by atoms with Gasteiger partial charge in [0, 0.05) is 11.2 Å². The minimum atomic E-state index is -0.621. The number of imide groups is 1. The highest BCUT2D eigenvalue weighted by atomic mass is 16.2. The fourth-order valence-electron chi connectivity index (χ4n) is 2.46. The topological polar surface area (TPSA) is 120 Å². The van der Waals surface area contributed by atoms with Crippen LogP contribution in [0.3, 0.4) is 0 Å². The molecule has 3 N–H and O–H groups in total. The van der Waals surface area contributed by atoms with Crippen LogP contribution in [0.1, 0.15) is 41.5 Å². The van der Waals surface area contributed by atoms with Crippen LogP contribution < -0.4 is 10.6 Å². The number of nitrogens with zero attached hydrogens (tertiary/aromatic N) is 3. The highest BCUT2D eigenvalue weighted by Crippen LogP contribution is 2.30. The lowest BCUT2D eigenvalue weighted by molar-refractivity contribution is 0.0507. The maximum absolute atomic E-state index is 12.5. The quantitative estimate of drug-likeness (QED) is 0.727. The second-order valence-electron chi connectivity index (χ2n) is 6.29. The van der Waals surface area contributed by atoms with Crippen molar-refractivity contribution in [1.29, 1.82) is 0 Å². The van der Waals surface area contributed by atoms with Crippen LogP contribution >= 0.6 is 0 Å². The van der Waals surface area contributed by atoms with Crippen LogP contribution in [-0.4, -0.2) is 43.5 Å². The number of nitrogens with one attached hydrogen (secondary N) is 3. The second kappa shape index (κ2) is 5.44. The molecule has 0 bridgehead atoms. The lowest BCUT2D eigenvalue weighted by Crippen LogP contribution is -2.45. The van der Waals surface area contributed by atoms with Gasteiger partial charge in [0.2, 0.25) is 5.95 Å². The van der Waals surface area contributed by atoms with Crippen LogP contribution in [0, 0.1) is 0 Å². The summed E-state index contributed by atoms with van der Waals surface area (Å²) in [6.45, 7) is 5.37. The van der Waals surface area contributed by atoms with E-state index < -0.39 is 11.6 Å². The number of hydrogen-bond donors (Lipinski definition) is 3. The van der Waals surface area contributed by atoms with Gasteiger partial charge in [0.05, 0.1) is 11.1 Å². The SMILES string of the molecule is CC(C)(C)N1C(=O)c2ccc(NC(=O)Nc3ncn[nH]3)cc2C1=O.